The second kappa shape index (κ2) is 4.87. The van der Waals surface area contributed by atoms with E-state index in [1.807, 2.05) is 6.07 Å². The first-order valence-electron chi connectivity index (χ1n) is 8.18. The second-order valence-electron chi connectivity index (χ2n) is 6.36. The van der Waals surface area contributed by atoms with Crippen molar-refractivity contribution in [2.24, 2.45) is 0 Å². The van der Waals surface area contributed by atoms with Crippen molar-refractivity contribution in [2.75, 3.05) is 13.9 Å². The summed E-state index contributed by atoms with van der Waals surface area (Å²) in [6, 6.07) is 10.7. The van der Waals surface area contributed by atoms with Gasteiger partial charge in [0.2, 0.25) is 12.5 Å². The molecular weight excluding hydrogens is 302 g/mol. The Labute approximate surface area is 140 Å². The molecule has 0 atom stereocenters. The molecule has 0 aliphatic carbocycles. The Bertz CT molecular complexity index is 994. The summed E-state index contributed by atoms with van der Waals surface area (Å²) in [5.74, 6) is 2.64. The Kier molecular flexibility index (Phi) is 2.77. The van der Waals surface area contributed by atoms with E-state index in [-0.39, 0.29) is 0 Å². The number of benzene rings is 2. The largest absolute Gasteiger partial charge is 0.496 e. The van der Waals surface area contributed by atoms with Gasteiger partial charge in [-0.25, -0.2) is 0 Å². The van der Waals surface area contributed by atoms with Crippen LogP contribution in [-0.2, 0) is 13.0 Å². The van der Waals surface area contributed by atoms with Gasteiger partial charge in [-0.2, -0.15) is 4.57 Å². The number of fused-ring (bicyclic) bond motifs is 5. The van der Waals surface area contributed by atoms with E-state index in [0.29, 0.717) is 6.79 Å². The molecule has 0 amide bonds. The first-order valence-corrected chi connectivity index (χ1v) is 8.18. The van der Waals surface area contributed by atoms with E-state index < -0.39 is 0 Å². The van der Waals surface area contributed by atoms with Crippen LogP contribution in [0.25, 0.3) is 22.0 Å². The molecule has 0 saturated carbocycles. The van der Waals surface area contributed by atoms with E-state index in [2.05, 4.69) is 42.0 Å². The SMILES string of the molecule is COc1ccc2cc3[n+](cc2c1C)CCc1cc2c(cc1-3)OCO2. The minimum absolute atomic E-state index is 0.314. The maximum Gasteiger partial charge on any atom is 0.231 e. The Morgan fingerprint density at radius 1 is 1.08 bits per heavy atom. The molecule has 5 rings (SSSR count). The number of ether oxygens (including phenoxy) is 3. The van der Waals surface area contributed by atoms with E-state index >= 15 is 0 Å². The zero-order chi connectivity index (χ0) is 16.3. The van der Waals surface area contributed by atoms with Crippen LogP contribution in [0.4, 0.5) is 0 Å². The molecule has 0 saturated heterocycles. The lowest BCUT2D eigenvalue weighted by molar-refractivity contribution is -0.686. The van der Waals surface area contributed by atoms with Crippen LogP contribution >= 0.6 is 0 Å². The number of rotatable bonds is 1. The number of pyridine rings is 1. The Hall–Kier alpha value is -2.75. The van der Waals surface area contributed by atoms with Crippen LogP contribution < -0.4 is 18.8 Å². The molecule has 0 bridgehead atoms. The third-order valence-corrected chi connectivity index (χ3v) is 5.10. The van der Waals surface area contributed by atoms with E-state index in [1.165, 1.54) is 33.2 Å². The molecule has 0 radical (unpaired) electrons. The van der Waals surface area contributed by atoms with Gasteiger partial charge in [-0.15, -0.1) is 0 Å². The van der Waals surface area contributed by atoms with Crippen molar-refractivity contribution >= 4 is 10.8 Å². The first kappa shape index (κ1) is 13.7. The van der Waals surface area contributed by atoms with Crippen LogP contribution in [0.3, 0.4) is 0 Å². The minimum Gasteiger partial charge on any atom is -0.496 e. The summed E-state index contributed by atoms with van der Waals surface area (Å²) in [4.78, 5) is 0. The van der Waals surface area contributed by atoms with Gasteiger partial charge in [-0.1, -0.05) is 6.07 Å². The van der Waals surface area contributed by atoms with Gasteiger partial charge >= 0.3 is 0 Å². The highest BCUT2D eigenvalue weighted by atomic mass is 16.7. The lowest BCUT2D eigenvalue weighted by Gasteiger charge is -2.17. The van der Waals surface area contributed by atoms with Gasteiger partial charge in [-0.3, -0.25) is 0 Å². The summed E-state index contributed by atoms with van der Waals surface area (Å²) in [7, 11) is 1.72. The van der Waals surface area contributed by atoms with Gasteiger partial charge in [0.1, 0.15) is 5.75 Å². The zero-order valence-corrected chi connectivity index (χ0v) is 13.8. The fraction of sp³-hybridized carbons (Fsp3) is 0.250. The van der Waals surface area contributed by atoms with E-state index in [1.54, 1.807) is 7.11 Å². The molecule has 4 nitrogen and oxygen atoms in total. The van der Waals surface area contributed by atoms with Crippen molar-refractivity contribution in [3.8, 4) is 28.5 Å². The number of methoxy groups -OCH3 is 1. The summed E-state index contributed by atoms with van der Waals surface area (Å²) in [5.41, 5.74) is 4.97. The van der Waals surface area contributed by atoms with Crippen molar-refractivity contribution in [1.82, 2.24) is 0 Å². The van der Waals surface area contributed by atoms with Crippen molar-refractivity contribution in [2.45, 2.75) is 19.9 Å². The van der Waals surface area contributed by atoms with E-state index in [9.17, 15) is 0 Å². The van der Waals surface area contributed by atoms with Crippen molar-refractivity contribution in [1.29, 1.82) is 0 Å². The van der Waals surface area contributed by atoms with Crippen LogP contribution in [0.2, 0.25) is 0 Å². The highest BCUT2D eigenvalue weighted by Gasteiger charge is 2.27. The van der Waals surface area contributed by atoms with Crippen LogP contribution in [0, 0.1) is 6.92 Å². The van der Waals surface area contributed by atoms with Gasteiger partial charge in [0.15, 0.2) is 24.2 Å². The van der Waals surface area contributed by atoms with Gasteiger partial charge in [-0.05, 0) is 36.1 Å². The molecule has 2 aliphatic rings. The Morgan fingerprint density at radius 2 is 1.92 bits per heavy atom. The molecule has 2 aromatic carbocycles. The predicted molar refractivity (Wildman–Crippen MR) is 90.7 cm³/mol. The van der Waals surface area contributed by atoms with E-state index in [4.69, 9.17) is 14.2 Å². The van der Waals surface area contributed by atoms with Gasteiger partial charge in [0, 0.05) is 18.1 Å². The van der Waals surface area contributed by atoms with Gasteiger partial charge < -0.3 is 14.2 Å². The smallest absolute Gasteiger partial charge is 0.231 e. The third-order valence-electron chi connectivity index (χ3n) is 5.10. The van der Waals surface area contributed by atoms with Crippen LogP contribution in [0.1, 0.15) is 11.1 Å². The molecule has 0 N–H and O–H groups in total. The summed E-state index contributed by atoms with van der Waals surface area (Å²) in [5, 5.41) is 2.47. The zero-order valence-electron chi connectivity index (χ0n) is 13.8. The van der Waals surface area contributed by atoms with Gasteiger partial charge in [0.25, 0.3) is 0 Å². The number of hydrogen-bond donors (Lipinski definition) is 0. The number of nitrogens with zero attached hydrogens (tertiary/aromatic N) is 1. The van der Waals surface area contributed by atoms with Crippen LogP contribution in [0.15, 0.2) is 36.5 Å². The summed E-state index contributed by atoms with van der Waals surface area (Å²) >= 11 is 0. The molecule has 2 aliphatic heterocycles. The molecule has 3 aromatic rings. The highest BCUT2D eigenvalue weighted by Crippen LogP contribution is 2.40. The van der Waals surface area contributed by atoms with Crippen LogP contribution in [0.5, 0.6) is 17.2 Å². The quantitative estimate of drug-likeness (QED) is 0.644. The molecular formula is C20H18NO3+. The molecule has 4 heteroatoms. The third kappa shape index (κ3) is 1.83. The lowest BCUT2D eigenvalue weighted by Crippen LogP contribution is -2.40. The Morgan fingerprint density at radius 3 is 2.75 bits per heavy atom. The van der Waals surface area contributed by atoms with Crippen molar-refractivity contribution in [3.63, 3.8) is 0 Å². The van der Waals surface area contributed by atoms with E-state index in [0.717, 1.165) is 30.2 Å². The fourth-order valence-electron chi connectivity index (χ4n) is 3.79. The number of hydrogen-bond acceptors (Lipinski definition) is 3. The molecule has 0 spiro atoms. The topological polar surface area (TPSA) is 31.6 Å². The standard InChI is InChI=1S/C20H18NO3/c1-12-16-10-21-6-5-14-8-19-20(24-11-23-19)9-15(14)17(21)7-13(16)3-4-18(12)22-2/h3-4,7-10H,5-6,11H2,1-2H3/q+1. The number of aryl methyl sites for hydroxylation is 3. The molecule has 1 aromatic heterocycles. The molecule has 120 valence electrons. The number of aromatic nitrogens is 1. The van der Waals surface area contributed by atoms with Crippen molar-refractivity contribution in [3.05, 3.63) is 47.7 Å². The summed E-state index contributed by atoms with van der Waals surface area (Å²) in [6.07, 6.45) is 3.24. The monoisotopic (exact) mass is 320 g/mol. The molecule has 0 fully saturated rings. The van der Waals surface area contributed by atoms with Gasteiger partial charge in [0.05, 0.1) is 18.1 Å². The maximum absolute atomic E-state index is 5.57. The molecule has 3 heterocycles. The second-order valence-corrected chi connectivity index (χ2v) is 6.36. The minimum atomic E-state index is 0.314. The van der Waals surface area contributed by atoms with Crippen LogP contribution in [-0.4, -0.2) is 13.9 Å². The fourth-order valence-corrected chi connectivity index (χ4v) is 3.79. The summed E-state index contributed by atoms with van der Waals surface area (Å²) in [6.45, 7) is 3.40. The predicted octanol–water partition coefficient (Wildman–Crippen LogP) is 3.40. The lowest BCUT2D eigenvalue weighted by atomic mass is 9.94. The normalized spacial score (nSPS) is 14.4. The average molecular weight is 320 g/mol. The van der Waals surface area contributed by atoms with Crippen molar-refractivity contribution < 1.29 is 18.8 Å². The molecule has 0 unspecified atom stereocenters. The first-order chi connectivity index (χ1) is 11.7. The average Bonchev–Trinajstić information content (AvgIpc) is 3.06. The maximum atomic E-state index is 5.57. The molecule has 24 heavy (non-hydrogen) atoms. The summed E-state index contributed by atoms with van der Waals surface area (Å²) < 4.78 is 18.9. The Balaban J connectivity index is 1.76. The highest BCUT2D eigenvalue weighted by molar-refractivity contribution is 5.89.